The zero-order chi connectivity index (χ0) is 22.6. The molecule has 1 amide bonds. The lowest BCUT2D eigenvalue weighted by atomic mass is 10.2. The molecule has 0 fully saturated rings. The summed E-state index contributed by atoms with van der Waals surface area (Å²) in [6.07, 6.45) is 3.34. The van der Waals surface area contributed by atoms with Gasteiger partial charge in [-0.1, -0.05) is 25.6 Å². The highest BCUT2D eigenvalue weighted by Crippen LogP contribution is 2.16. The van der Waals surface area contributed by atoms with Crippen LogP contribution in [0.4, 0.5) is 4.79 Å². The average molecular weight is 570 g/mol. The lowest BCUT2D eigenvalue weighted by Crippen LogP contribution is -2.42. The maximum atomic E-state index is 11.7. The number of nitrogens with one attached hydrogen (secondary N) is 3. The number of alkyl carbamates (subject to hydrolysis) is 1. The molecule has 0 bridgehead atoms. The fourth-order valence-corrected chi connectivity index (χ4v) is 3.16. The predicted molar refractivity (Wildman–Crippen MR) is 139 cm³/mol. The van der Waals surface area contributed by atoms with Crippen LogP contribution >= 0.6 is 35.7 Å². The molecule has 0 saturated heterocycles. The van der Waals surface area contributed by atoms with Crippen LogP contribution in [0, 0.1) is 5.92 Å². The molecular weight excluding hydrogens is 529 g/mol. The predicted octanol–water partition coefficient (Wildman–Crippen LogP) is 3.29. The Labute approximate surface area is 208 Å². The van der Waals surface area contributed by atoms with Gasteiger partial charge in [-0.3, -0.25) is 4.99 Å². The fraction of sp³-hybridized carbons (Fsp3) is 0.800. The SMILES string of the molecule is CCNC(=NCCCc1nnc(SC)n1CC(C)C)NCCNC(=O)OC(C)(C)C.I. The number of aliphatic imine (C=N–C) groups is 1. The second-order valence-corrected chi connectivity index (χ2v) is 9.10. The summed E-state index contributed by atoms with van der Waals surface area (Å²) < 4.78 is 7.43. The number of aryl methyl sites for hydroxylation is 1. The number of hydrogen-bond donors (Lipinski definition) is 3. The molecule has 0 unspecified atom stereocenters. The van der Waals surface area contributed by atoms with E-state index in [4.69, 9.17) is 4.74 Å². The van der Waals surface area contributed by atoms with Gasteiger partial charge in [-0.05, 0) is 46.3 Å². The Morgan fingerprint density at radius 2 is 1.87 bits per heavy atom. The van der Waals surface area contributed by atoms with Crippen LogP contribution in [0.25, 0.3) is 0 Å². The van der Waals surface area contributed by atoms with Crippen molar-refractivity contribution in [3.8, 4) is 0 Å². The smallest absolute Gasteiger partial charge is 0.407 e. The molecule has 0 saturated carbocycles. The highest BCUT2D eigenvalue weighted by Gasteiger charge is 2.15. The Bertz CT molecular complexity index is 675. The van der Waals surface area contributed by atoms with Gasteiger partial charge in [0.05, 0.1) is 0 Å². The minimum atomic E-state index is -0.496. The Morgan fingerprint density at radius 1 is 1.19 bits per heavy atom. The van der Waals surface area contributed by atoms with Crippen LogP contribution in [0.2, 0.25) is 0 Å². The highest BCUT2D eigenvalue weighted by atomic mass is 127. The Kier molecular flexibility index (Phi) is 14.9. The summed E-state index contributed by atoms with van der Waals surface area (Å²) in [6.45, 7) is 15.3. The van der Waals surface area contributed by atoms with Gasteiger partial charge < -0.3 is 25.3 Å². The van der Waals surface area contributed by atoms with Gasteiger partial charge in [0, 0.05) is 39.1 Å². The summed E-state index contributed by atoms with van der Waals surface area (Å²) in [5.41, 5.74) is -0.496. The van der Waals surface area contributed by atoms with E-state index >= 15 is 0 Å². The van der Waals surface area contributed by atoms with Crippen LogP contribution in [-0.2, 0) is 17.7 Å². The van der Waals surface area contributed by atoms with Crippen LogP contribution in [0.5, 0.6) is 0 Å². The topological polar surface area (TPSA) is 105 Å². The molecular formula is C20H40IN7O2S. The zero-order valence-electron chi connectivity index (χ0n) is 19.9. The van der Waals surface area contributed by atoms with Crippen molar-refractivity contribution in [2.75, 3.05) is 32.4 Å². The van der Waals surface area contributed by atoms with Gasteiger partial charge in [0.1, 0.15) is 11.4 Å². The van der Waals surface area contributed by atoms with Gasteiger partial charge in [-0.2, -0.15) is 0 Å². The van der Waals surface area contributed by atoms with E-state index < -0.39 is 11.7 Å². The van der Waals surface area contributed by atoms with Crippen LogP contribution in [-0.4, -0.2) is 64.9 Å². The number of hydrogen-bond acceptors (Lipinski definition) is 6. The maximum Gasteiger partial charge on any atom is 0.407 e. The Hall–Kier alpha value is -1.24. The van der Waals surface area contributed by atoms with Gasteiger partial charge in [-0.15, -0.1) is 34.2 Å². The lowest BCUT2D eigenvalue weighted by Gasteiger charge is -2.19. The number of thioether (sulfide) groups is 1. The first-order chi connectivity index (χ1) is 14.2. The zero-order valence-corrected chi connectivity index (χ0v) is 23.1. The third kappa shape index (κ3) is 13.0. The second kappa shape index (κ2) is 15.5. The first kappa shape index (κ1) is 29.8. The maximum absolute atomic E-state index is 11.7. The molecule has 0 aromatic carbocycles. The molecule has 0 aliphatic rings. The molecule has 0 spiro atoms. The first-order valence-electron chi connectivity index (χ1n) is 10.6. The number of rotatable bonds is 11. The minimum absolute atomic E-state index is 0. The third-order valence-electron chi connectivity index (χ3n) is 3.78. The third-order valence-corrected chi connectivity index (χ3v) is 4.45. The molecule has 11 heteroatoms. The van der Waals surface area contributed by atoms with Crippen LogP contribution in [0.15, 0.2) is 10.1 Å². The van der Waals surface area contributed by atoms with Gasteiger partial charge in [0.25, 0.3) is 0 Å². The van der Waals surface area contributed by atoms with E-state index in [1.54, 1.807) is 11.8 Å². The molecule has 0 radical (unpaired) electrons. The van der Waals surface area contributed by atoms with E-state index in [-0.39, 0.29) is 24.0 Å². The molecule has 1 aromatic rings. The minimum Gasteiger partial charge on any atom is -0.444 e. The van der Waals surface area contributed by atoms with E-state index in [9.17, 15) is 4.79 Å². The molecule has 1 heterocycles. The lowest BCUT2D eigenvalue weighted by molar-refractivity contribution is 0.0529. The number of carbonyl (C=O) groups is 1. The van der Waals surface area contributed by atoms with Gasteiger partial charge in [-0.25, -0.2) is 4.79 Å². The largest absolute Gasteiger partial charge is 0.444 e. The Morgan fingerprint density at radius 3 is 2.45 bits per heavy atom. The van der Waals surface area contributed by atoms with Crippen molar-refractivity contribution in [1.29, 1.82) is 0 Å². The summed E-state index contributed by atoms with van der Waals surface area (Å²) in [5, 5.41) is 18.8. The average Bonchev–Trinajstić information content (AvgIpc) is 3.01. The van der Waals surface area contributed by atoms with Gasteiger partial charge >= 0.3 is 6.09 Å². The van der Waals surface area contributed by atoms with Crippen molar-refractivity contribution in [3.63, 3.8) is 0 Å². The van der Waals surface area contributed by atoms with E-state index in [1.165, 1.54) is 0 Å². The summed E-state index contributed by atoms with van der Waals surface area (Å²) in [4.78, 5) is 16.3. The van der Waals surface area contributed by atoms with Crippen molar-refractivity contribution in [3.05, 3.63) is 5.82 Å². The standard InChI is InChI=1S/C20H39N7O2S.HI/c1-8-21-17(23-12-13-24-19(28)29-20(4,5)6)22-11-9-10-16-25-26-18(30-7)27(16)14-15(2)3;/h15H,8-14H2,1-7H3,(H,24,28)(H2,21,22,23);1H. The molecule has 0 aliphatic heterocycles. The number of aromatic nitrogens is 3. The monoisotopic (exact) mass is 569 g/mol. The summed E-state index contributed by atoms with van der Waals surface area (Å²) in [6, 6.07) is 0. The van der Waals surface area contributed by atoms with E-state index in [1.807, 2.05) is 34.0 Å². The van der Waals surface area contributed by atoms with Crippen molar-refractivity contribution < 1.29 is 9.53 Å². The highest BCUT2D eigenvalue weighted by molar-refractivity contribution is 14.0. The molecule has 9 nitrogen and oxygen atoms in total. The van der Waals surface area contributed by atoms with Crippen molar-refractivity contribution in [1.82, 2.24) is 30.7 Å². The van der Waals surface area contributed by atoms with Crippen molar-refractivity contribution >= 4 is 47.8 Å². The number of guanidine groups is 1. The first-order valence-corrected chi connectivity index (χ1v) is 11.8. The molecule has 0 aliphatic carbocycles. The molecule has 31 heavy (non-hydrogen) atoms. The quantitative estimate of drug-likeness (QED) is 0.124. The number of amides is 1. The van der Waals surface area contributed by atoms with Gasteiger partial charge in [0.2, 0.25) is 0 Å². The fourth-order valence-electron chi connectivity index (χ4n) is 2.63. The Balaban J connectivity index is 0.00000900. The molecule has 180 valence electrons. The van der Waals surface area contributed by atoms with E-state index in [0.29, 0.717) is 25.6 Å². The number of ether oxygens (including phenoxy) is 1. The number of nitrogens with zero attached hydrogens (tertiary/aromatic N) is 4. The summed E-state index contributed by atoms with van der Waals surface area (Å²) >= 11 is 1.63. The summed E-state index contributed by atoms with van der Waals surface area (Å²) in [5.74, 6) is 2.29. The van der Waals surface area contributed by atoms with Gasteiger partial charge in [0.15, 0.2) is 11.1 Å². The van der Waals surface area contributed by atoms with E-state index in [2.05, 4.69) is 49.6 Å². The van der Waals surface area contributed by atoms with Crippen molar-refractivity contribution in [2.45, 2.75) is 71.7 Å². The van der Waals surface area contributed by atoms with Crippen molar-refractivity contribution in [2.24, 2.45) is 10.9 Å². The second-order valence-electron chi connectivity index (χ2n) is 8.33. The van der Waals surface area contributed by atoms with E-state index in [0.717, 1.165) is 42.9 Å². The van der Waals surface area contributed by atoms with Crippen LogP contribution < -0.4 is 16.0 Å². The van der Waals surface area contributed by atoms with Crippen LogP contribution in [0.1, 0.15) is 53.8 Å². The molecule has 1 rings (SSSR count). The number of halogens is 1. The molecule has 0 atom stereocenters. The van der Waals surface area contributed by atoms with Crippen LogP contribution in [0.3, 0.4) is 0 Å². The molecule has 3 N–H and O–H groups in total. The normalized spacial score (nSPS) is 11.8. The summed E-state index contributed by atoms with van der Waals surface area (Å²) in [7, 11) is 0. The number of carbonyl (C=O) groups excluding carboxylic acids is 1. The molecule has 1 aromatic heterocycles.